The monoisotopic (exact) mass is 911 g/mol. The van der Waals surface area contributed by atoms with Crippen molar-refractivity contribution in [3.05, 3.63) is 61.9 Å². The van der Waals surface area contributed by atoms with Crippen LogP contribution in [-0.4, -0.2) is 131 Å². The van der Waals surface area contributed by atoms with E-state index in [1.165, 1.54) is 45.6 Å². The van der Waals surface area contributed by atoms with E-state index in [1.54, 1.807) is 29.0 Å². The Balaban J connectivity index is 0.000000173. The highest BCUT2D eigenvalue weighted by atomic mass is 35.5. The Morgan fingerprint density at radius 3 is 2.10 bits per heavy atom. The Morgan fingerprint density at radius 1 is 0.825 bits per heavy atom. The number of aromatic nitrogens is 4. The summed E-state index contributed by atoms with van der Waals surface area (Å²) in [5.41, 5.74) is 5.73. The van der Waals surface area contributed by atoms with Gasteiger partial charge in [-0.05, 0) is 113 Å². The van der Waals surface area contributed by atoms with Gasteiger partial charge in [-0.25, -0.2) is 19.9 Å². The average molecular weight is 913 g/mol. The minimum atomic E-state index is 0.0112. The van der Waals surface area contributed by atoms with Gasteiger partial charge in [0.15, 0.2) is 0 Å². The predicted octanol–water partition coefficient (Wildman–Crippen LogP) is 6.89. The van der Waals surface area contributed by atoms with Gasteiger partial charge in [-0.3, -0.25) is 19.5 Å². The fraction of sp³-hybridized carbons (Fsp3) is 0.543. The molecule has 3 saturated heterocycles. The number of benzene rings is 1. The summed E-state index contributed by atoms with van der Waals surface area (Å²) < 4.78 is 17.3. The van der Waals surface area contributed by atoms with Crippen LogP contribution < -0.4 is 10.1 Å². The Hall–Kier alpha value is -4.32. The Morgan fingerprint density at radius 2 is 1.44 bits per heavy atom. The fourth-order valence-corrected chi connectivity index (χ4v) is 12.9. The molecular formula is C46H54ClN9O5S2. The number of aliphatic imine (C=N–C) groups is 1. The number of hydrogen-bond acceptors (Lipinski definition) is 14. The molecule has 8 heterocycles. The Bertz CT molecular complexity index is 2540. The van der Waals surface area contributed by atoms with Crippen molar-refractivity contribution in [2.45, 2.75) is 83.8 Å². The van der Waals surface area contributed by atoms with Gasteiger partial charge in [0.25, 0.3) is 0 Å². The van der Waals surface area contributed by atoms with Crippen LogP contribution in [0.3, 0.4) is 0 Å². The van der Waals surface area contributed by atoms with Crippen molar-refractivity contribution < 1.29 is 23.8 Å². The number of nitrogens with zero attached hydrogens (tertiary/aromatic N) is 8. The highest BCUT2D eigenvalue weighted by molar-refractivity contribution is 7.19. The molecule has 14 nitrogen and oxygen atoms in total. The summed E-state index contributed by atoms with van der Waals surface area (Å²) in [6.07, 6.45) is 12.6. The van der Waals surface area contributed by atoms with Gasteiger partial charge in [0.2, 0.25) is 11.8 Å². The molecule has 4 atom stereocenters. The molecule has 0 radical (unpaired) electrons. The summed E-state index contributed by atoms with van der Waals surface area (Å²) in [6.45, 7) is 12.6. The molecule has 0 saturated carbocycles. The summed E-state index contributed by atoms with van der Waals surface area (Å²) in [4.78, 5) is 59.4. The zero-order chi connectivity index (χ0) is 43.0. The molecule has 2 amide bonds. The number of carbonyl (C=O) groups is 2. The van der Waals surface area contributed by atoms with Crippen LogP contribution in [0.15, 0.2) is 29.8 Å². The van der Waals surface area contributed by atoms with E-state index in [2.05, 4.69) is 56.1 Å². The number of thiophene rings is 2. The van der Waals surface area contributed by atoms with E-state index in [0.717, 1.165) is 101 Å². The molecule has 332 valence electrons. The van der Waals surface area contributed by atoms with Crippen LogP contribution in [0.2, 0.25) is 5.15 Å². The Kier molecular flexibility index (Phi) is 12.6. The number of amides is 2. The number of ether oxygens (including phenoxy) is 3. The second kappa shape index (κ2) is 18.6. The third-order valence-corrected chi connectivity index (χ3v) is 16.1. The number of morpholine rings is 2. The Labute approximate surface area is 380 Å². The van der Waals surface area contributed by atoms with Gasteiger partial charge < -0.3 is 29.3 Å². The lowest BCUT2D eigenvalue weighted by molar-refractivity contribution is -0.144. The van der Waals surface area contributed by atoms with Gasteiger partial charge in [0.1, 0.15) is 45.6 Å². The summed E-state index contributed by atoms with van der Waals surface area (Å²) >= 11 is 9.59. The third-order valence-electron chi connectivity index (χ3n) is 13.5. The quantitative estimate of drug-likeness (QED) is 0.162. The first-order valence-electron chi connectivity index (χ1n) is 22.5. The number of carbonyl (C=O) groups excluding carboxylic acids is 2. The molecule has 2 aliphatic carbocycles. The van der Waals surface area contributed by atoms with Crippen LogP contribution in [0.25, 0.3) is 20.4 Å². The van der Waals surface area contributed by atoms with Crippen molar-refractivity contribution in [2.75, 3.05) is 71.1 Å². The van der Waals surface area contributed by atoms with Crippen LogP contribution in [-0.2, 0) is 51.3 Å². The zero-order valence-electron chi connectivity index (χ0n) is 35.9. The topological polar surface area (TPSA) is 148 Å². The molecule has 0 bridgehead atoms. The lowest BCUT2D eigenvalue weighted by atomic mass is 9.86. The highest BCUT2D eigenvalue weighted by Gasteiger charge is 2.36. The minimum Gasteiger partial charge on any atom is -0.490 e. The van der Waals surface area contributed by atoms with Crippen molar-refractivity contribution in [1.82, 2.24) is 34.6 Å². The first-order valence-corrected chi connectivity index (χ1v) is 24.5. The summed E-state index contributed by atoms with van der Waals surface area (Å²) in [5, 5.41) is 6.20. The molecule has 11 rings (SSSR count). The smallest absolute Gasteiger partial charge is 0.226 e. The van der Waals surface area contributed by atoms with Crippen molar-refractivity contribution in [3.8, 4) is 5.75 Å². The van der Waals surface area contributed by atoms with E-state index in [0.29, 0.717) is 57.8 Å². The molecule has 0 unspecified atom stereocenters. The van der Waals surface area contributed by atoms with E-state index in [9.17, 15) is 9.59 Å². The third kappa shape index (κ3) is 8.78. The minimum absolute atomic E-state index is 0.0112. The summed E-state index contributed by atoms with van der Waals surface area (Å²) in [5.74, 6) is 2.23. The van der Waals surface area contributed by atoms with Crippen LogP contribution >= 0.6 is 34.3 Å². The second-order valence-corrected chi connectivity index (χ2v) is 20.1. The molecule has 4 aromatic heterocycles. The maximum atomic E-state index is 13.4. The number of nitrogens with one attached hydrogen (secondary N) is 1. The first kappa shape index (κ1) is 42.6. The molecule has 5 aromatic rings. The predicted molar refractivity (Wildman–Crippen MR) is 247 cm³/mol. The van der Waals surface area contributed by atoms with Gasteiger partial charge in [0.05, 0.1) is 61.5 Å². The second-order valence-electron chi connectivity index (χ2n) is 17.6. The number of likely N-dealkylation sites (tertiary alicyclic amines) is 1. The highest BCUT2D eigenvalue weighted by Crippen LogP contribution is 2.43. The van der Waals surface area contributed by atoms with Gasteiger partial charge in [-0.15, -0.1) is 22.7 Å². The van der Waals surface area contributed by atoms with Gasteiger partial charge in [-0.1, -0.05) is 11.6 Å². The van der Waals surface area contributed by atoms with Crippen LogP contribution in [0.5, 0.6) is 5.75 Å². The average Bonchev–Trinajstić information content (AvgIpc) is 4.13. The number of halogens is 1. The van der Waals surface area contributed by atoms with Crippen molar-refractivity contribution in [2.24, 2.45) is 16.8 Å². The van der Waals surface area contributed by atoms with E-state index in [-0.39, 0.29) is 35.7 Å². The normalized spacial score (nSPS) is 23.3. The molecule has 63 heavy (non-hydrogen) atoms. The summed E-state index contributed by atoms with van der Waals surface area (Å²) in [6, 6.07) is 4.55. The standard InChI is InChI=1S/C30H36N6O3S.C16H18ClN3O2S/c1-19-17-38-10-9-36(19)30(37)20-4-5-23-26(14-20)40-29-27(23)28(32-18-33-29)34-24-12-21-15-31-16-22(21)13-25(24)39-11-8-35-6-2-3-7-35;1-9-7-22-5-4-20(9)16(21)10-2-3-11-12(6-10)23-15-13(11)14(17)18-8-19-15/h12-13,15,18-20H,2-11,14,16-17H2,1H3,(H,32,33,34);8-10H,2-7H2,1H3/t19-,20+;9-,10+/m11/s1. The zero-order valence-corrected chi connectivity index (χ0v) is 38.3. The lowest BCUT2D eigenvalue weighted by Crippen LogP contribution is -2.50. The van der Waals surface area contributed by atoms with Gasteiger partial charge in [0, 0.05) is 47.4 Å². The fourth-order valence-electron chi connectivity index (χ4n) is 10.1. The molecule has 6 aliphatic rings. The van der Waals surface area contributed by atoms with Crippen LogP contribution in [0.1, 0.15) is 71.5 Å². The van der Waals surface area contributed by atoms with E-state index >= 15 is 0 Å². The molecule has 1 N–H and O–H groups in total. The number of hydrogen-bond donors (Lipinski definition) is 1. The van der Waals surface area contributed by atoms with Gasteiger partial charge in [-0.2, -0.15) is 0 Å². The molecule has 3 fully saturated rings. The van der Waals surface area contributed by atoms with Crippen molar-refractivity contribution in [1.29, 1.82) is 0 Å². The number of anilines is 2. The van der Waals surface area contributed by atoms with Crippen LogP contribution in [0.4, 0.5) is 11.5 Å². The van der Waals surface area contributed by atoms with E-state index in [4.69, 9.17) is 30.8 Å². The maximum absolute atomic E-state index is 13.4. The van der Waals surface area contributed by atoms with Crippen molar-refractivity contribution >= 4 is 84.2 Å². The molecule has 1 aromatic carbocycles. The van der Waals surface area contributed by atoms with Crippen molar-refractivity contribution in [3.63, 3.8) is 0 Å². The molecule has 17 heteroatoms. The first-order chi connectivity index (χ1) is 30.8. The van der Waals surface area contributed by atoms with Crippen LogP contribution in [0, 0.1) is 11.8 Å². The number of aryl methyl sites for hydroxylation is 2. The SMILES string of the molecule is C[C@@H]1COCCN1C(=O)[C@H]1CCc2c(sc3ncnc(Cl)c23)C1.C[C@@H]1COCCN1C(=O)[C@H]1CCc2c(sc3ncnc(Nc4cc5c(cc4OCCN4CCCC4)CN=C5)c23)C1. The largest absolute Gasteiger partial charge is 0.490 e. The summed E-state index contributed by atoms with van der Waals surface area (Å²) in [7, 11) is 0. The van der Waals surface area contributed by atoms with Gasteiger partial charge >= 0.3 is 0 Å². The number of fused-ring (bicyclic) bond motifs is 7. The molecular weight excluding hydrogens is 858 g/mol. The lowest BCUT2D eigenvalue weighted by Gasteiger charge is -2.36. The van der Waals surface area contributed by atoms with E-state index in [1.807, 2.05) is 16.0 Å². The maximum Gasteiger partial charge on any atom is 0.226 e. The number of rotatable bonds is 8. The van der Waals surface area contributed by atoms with E-state index < -0.39 is 0 Å². The molecule has 4 aliphatic heterocycles. The molecule has 0 spiro atoms.